The summed E-state index contributed by atoms with van der Waals surface area (Å²) in [5.41, 5.74) is -5.59. The lowest BCUT2D eigenvalue weighted by Gasteiger charge is -2.16. The van der Waals surface area contributed by atoms with Crippen LogP contribution in [0.1, 0.15) is 25.1 Å². The fraction of sp³-hybridized carbons (Fsp3) is 0.444. The molecular weight excluding hydrogens is 278 g/mol. The highest BCUT2D eigenvalue weighted by atomic mass is 32.2. The summed E-state index contributed by atoms with van der Waals surface area (Å²) in [5, 5.41) is 0. The highest BCUT2D eigenvalue weighted by Crippen LogP contribution is 2.30. The standard InChI is InChI=1S/C9H9F4NO3S/c1-2-8(7-4-3-6(10)5-14-7)17-18(15,16)9(11,12)13/h3-5,8H,2H2,1H3. The molecule has 0 amide bonds. The molecule has 1 heterocycles. The third kappa shape index (κ3) is 3.39. The van der Waals surface area contributed by atoms with Crippen LogP contribution in [0.25, 0.3) is 0 Å². The van der Waals surface area contributed by atoms with Crippen molar-refractivity contribution in [2.45, 2.75) is 25.0 Å². The first kappa shape index (κ1) is 14.8. The molecule has 0 saturated carbocycles. The predicted octanol–water partition coefficient (Wildman–Crippen LogP) is 2.54. The van der Waals surface area contributed by atoms with Crippen molar-refractivity contribution in [3.8, 4) is 0 Å². The minimum Gasteiger partial charge on any atom is -0.255 e. The number of nitrogens with zero attached hydrogens (tertiary/aromatic N) is 1. The summed E-state index contributed by atoms with van der Waals surface area (Å²) >= 11 is 0. The van der Waals surface area contributed by atoms with E-state index < -0.39 is 27.5 Å². The molecule has 102 valence electrons. The van der Waals surface area contributed by atoms with Crippen LogP contribution >= 0.6 is 0 Å². The number of hydrogen-bond donors (Lipinski definition) is 0. The molecule has 1 aromatic heterocycles. The van der Waals surface area contributed by atoms with Gasteiger partial charge in [-0.05, 0) is 18.6 Å². The molecule has 0 N–H and O–H groups in total. The molecule has 9 heteroatoms. The van der Waals surface area contributed by atoms with Crippen LogP contribution in [0.4, 0.5) is 17.6 Å². The summed E-state index contributed by atoms with van der Waals surface area (Å²) in [7, 11) is -5.70. The van der Waals surface area contributed by atoms with Gasteiger partial charge in [0.15, 0.2) is 0 Å². The summed E-state index contributed by atoms with van der Waals surface area (Å²) in [6, 6.07) is 2.02. The number of halogens is 4. The van der Waals surface area contributed by atoms with E-state index in [1.165, 1.54) is 6.92 Å². The topological polar surface area (TPSA) is 56.3 Å². The van der Waals surface area contributed by atoms with Gasteiger partial charge >= 0.3 is 15.6 Å². The number of pyridine rings is 1. The van der Waals surface area contributed by atoms with E-state index in [9.17, 15) is 26.0 Å². The monoisotopic (exact) mass is 287 g/mol. The first-order valence-corrected chi connectivity index (χ1v) is 6.19. The Morgan fingerprint density at radius 3 is 2.39 bits per heavy atom. The van der Waals surface area contributed by atoms with Crippen LogP contribution in [0.5, 0.6) is 0 Å². The highest BCUT2D eigenvalue weighted by Gasteiger charge is 2.48. The molecule has 18 heavy (non-hydrogen) atoms. The van der Waals surface area contributed by atoms with Crippen LogP contribution in [-0.2, 0) is 14.3 Å². The first-order valence-electron chi connectivity index (χ1n) is 4.78. The van der Waals surface area contributed by atoms with E-state index in [2.05, 4.69) is 9.17 Å². The van der Waals surface area contributed by atoms with Crippen LogP contribution in [0.2, 0.25) is 0 Å². The van der Waals surface area contributed by atoms with Gasteiger partial charge in [-0.25, -0.2) is 4.39 Å². The smallest absolute Gasteiger partial charge is 0.255 e. The van der Waals surface area contributed by atoms with Crippen LogP contribution in [0.3, 0.4) is 0 Å². The van der Waals surface area contributed by atoms with Gasteiger partial charge in [0.05, 0.1) is 11.9 Å². The van der Waals surface area contributed by atoms with E-state index in [0.717, 1.165) is 18.3 Å². The third-order valence-corrected chi connectivity index (χ3v) is 3.03. The minimum atomic E-state index is -5.70. The largest absolute Gasteiger partial charge is 0.523 e. The molecular formula is C9H9F4NO3S. The maximum atomic E-state index is 12.6. The molecule has 1 unspecified atom stereocenters. The maximum absolute atomic E-state index is 12.6. The number of rotatable bonds is 4. The van der Waals surface area contributed by atoms with Crippen molar-refractivity contribution in [1.82, 2.24) is 4.98 Å². The SMILES string of the molecule is CCC(OS(=O)(=O)C(F)(F)F)c1ccc(F)cn1. The molecule has 4 nitrogen and oxygen atoms in total. The molecule has 1 atom stereocenters. The van der Waals surface area contributed by atoms with E-state index >= 15 is 0 Å². The second-order valence-electron chi connectivity index (χ2n) is 3.29. The first-order chi connectivity index (χ1) is 8.17. The summed E-state index contributed by atoms with van der Waals surface area (Å²) in [6.45, 7) is 1.42. The molecule has 1 rings (SSSR count). The van der Waals surface area contributed by atoms with Gasteiger partial charge in [-0.15, -0.1) is 0 Å². The zero-order valence-electron chi connectivity index (χ0n) is 9.11. The zero-order valence-corrected chi connectivity index (χ0v) is 9.93. The zero-order chi connectivity index (χ0) is 14.0. The second-order valence-corrected chi connectivity index (χ2v) is 4.86. The molecule has 0 fully saturated rings. The maximum Gasteiger partial charge on any atom is 0.523 e. The lowest BCUT2D eigenvalue weighted by Crippen LogP contribution is -2.27. The Kier molecular flexibility index (Phi) is 4.28. The van der Waals surface area contributed by atoms with E-state index in [1.54, 1.807) is 0 Å². The number of hydrogen-bond acceptors (Lipinski definition) is 4. The Morgan fingerprint density at radius 1 is 1.39 bits per heavy atom. The second kappa shape index (κ2) is 5.19. The van der Waals surface area contributed by atoms with Crippen LogP contribution in [0, 0.1) is 5.82 Å². The lowest BCUT2D eigenvalue weighted by atomic mass is 10.2. The fourth-order valence-electron chi connectivity index (χ4n) is 1.11. The van der Waals surface area contributed by atoms with Crippen molar-refractivity contribution < 1.29 is 30.2 Å². The normalized spacial score (nSPS) is 14.5. The summed E-state index contributed by atoms with van der Waals surface area (Å²) in [4.78, 5) is 3.48. The lowest BCUT2D eigenvalue weighted by molar-refractivity contribution is -0.0577. The molecule has 1 aromatic rings. The molecule has 0 aliphatic carbocycles. The van der Waals surface area contributed by atoms with Crippen molar-refractivity contribution >= 4 is 10.1 Å². The van der Waals surface area contributed by atoms with Crippen LogP contribution in [-0.4, -0.2) is 18.9 Å². The molecule has 0 aliphatic rings. The van der Waals surface area contributed by atoms with Crippen molar-refractivity contribution in [1.29, 1.82) is 0 Å². The van der Waals surface area contributed by atoms with E-state index in [-0.39, 0.29) is 12.1 Å². The highest BCUT2D eigenvalue weighted by molar-refractivity contribution is 7.87. The van der Waals surface area contributed by atoms with Gasteiger partial charge in [0, 0.05) is 0 Å². The van der Waals surface area contributed by atoms with Gasteiger partial charge in [-0.3, -0.25) is 9.17 Å². The van der Waals surface area contributed by atoms with Crippen molar-refractivity contribution in [3.63, 3.8) is 0 Å². The van der Waals surface area contributed by atoms with Gasteiger partial charge in [-0.2, -0.15) is 21.6 Å². The molecule has 0 saturated heterocycles. The summed E-state index contributed by atoms with van der Waals surface area (Å²) < 4.78 is 74.6. The van der Waals surface area contributed by atoms with Crippen molar-refractivity contribution in [3.05, 3.63) is 29.8 Å². The van der Waals surface area contributed by atoms with Crippen LogP contribution < -0.4 is 0 Å². The molecule has 0 aliphatic heterocycles. The average Bonchev–Trinajstić information content (AvgIpc) is 2.25. The summed E-state index contributed by atoms with van der Waals surface area (Å²) in [5.74, 6) is -0.688. The Balaban J connectivity index is 2.96. The molecule has 0 spiro atoms. The van der Waals surface area contributed by atoms with Gasteiger partial charge < -0.3 is 0 Å². The van der Waals surface area contributed by atoms with E-state index in [1.807, 2.05) is 0 Å². The summed E-state index contributed by atoms with van der Waals surface area (Å²) in [6.07, 6.45) is -0.701. The van der Waals surface area contributed by atoms with Gasteiger partial charge in [0.1, 0.15) is 11.9 Å². The fourth-order valence-corrected chi connectivity index (χ4v) is 1.76. The molecule has 0 aromatic carbocycles. The third-order valence-electron chi connectivity index (χ3n) is 1.98. The molecule has 0 radical (unpaired) electrons. The van der Waals surface area contributed by atoms with E-state index in [4.69, 9.17) is 0 Å². The quantitative estimate of drug-likeness (QED) is 0.485. The minimum absolute atomic E-state index is 0.0616. The molecule has 0 bridgehead atoms. The Hall–Kier alpha value is -1.22. The van der Waals surface area contributed by atoms with Crippen molar-refractivity contribution in [2.24, 2.45) is 0 Å². The van der Waals surface area contributed by atoms with Gasteiger partial charge in [0.2, 0.25) is 0 Å². The Morgan fingerprint density at radius 2 is 2.00 bits per heavy atom. The Bertz CT molecular complexity index is 498. The number of alkyl halides is 3. The van der Waals surface area contributed by atoms with Crippen molar-refractivity contribution in [2.75, 3.05) is 0 Å². The van der Waals surface area contributed by atoms with Gasteiger partial charge in [-0.1, -0.05) is 6.92 Å². The van der Waals surface area contributed by atoms with E-state index in [0.29, 0.717) is 0 Å². The number of aromatic nitrogens is 1. The van der Waals surface area contributed by atoms with Gasteiger partial charge in [0.25, 0.3) is 0 Å². The van der Waals surface area contributed by atoms with Crippen LogP contribution in [0.15, 0.2) is 18.3 Å². The predicted molar refractivity (Wildman–Crippen MR) is 53.3 cm³/mol. The average molecular weight is 287 g/mol. The Labute approximate surface area is 101 Å².